The predicted octanol–water partition coefficient (Wildman–Crippen LogP) is 10.5. The fourth-order valence-electron chi connectivity index (χ4n) is 10.1. The summed E-state index contributed by atoms with van der Waals surface area (Å²) in [4.78, 5) is 16.2. The Balaban J connectivity index is 1.34. The summed E-state index contributed by atoms with van der Waals surface area (Å²) in [6, 6.07) is 18.6. The molecule has 376 valence electrons. The van der Waals surface area contributed by atoms with E-state index in [1.807, 2.05) is 54.0 Å². The van der Waals surface area contributed by atoms with Gasteiger partial charge in [0.05, 0.1) is 22.7 Å². The second-order valence-corrected chi connectivity index (χ2v) is 25.0. The van der Waals surface area contributed by atoms with Crippen molar-refractivity contribution in [1.82, 2.24) is 0 Å². The van der Waals surface area contributed by atoms with Crippen molar-refractivity contribution in [2.45, 2.75) is 117 Å². The molecule has 0 saturated carbocycles. The molecule has 3 N–H and O–H groups in total. The molecular formula is C52H69ClN3O10S3+. The highest BCUT2D eigenvalue weighted by molar-refractivity contribution is 7.86. The zero-order chi connectivity index (χ0) is 50.5. The van der Waals surface area contributed by atoms with Crippen LogP contribution in [0.15, 0.2) is 101 Å². The van der Waals surface area contributed by atoms with Gasteiger partial charge in [-0.05, 0) is 123 Å². The Kier molecular flexibility index (Phi) is 17.3. The van der Waals surface area contributed by atoms with E-state index in [4.69, 9.17) is 11.6 Å². The first kappa shape index (κ1) is 54.2. The van der Waals surface area contributed by atoms with Crippen LogP contribution in [-0.4, -0.2) is 98.4 Å². The lowest BCUT2D eigenvalue weighted by Crippen LogP contribution is -2.29. The standard InChI is InChI=1S/C52H68ClN3O10S3/c1-37(2)46(57)20-8-7-11-31-56-45-25-21-38-16-9-10-19-42(38)49(45)52(5,6)48(56)28-23-40-18-12-17-39(50(40)53)22-27-47-51(3,4)43-36-41(24-26-44(43)55(47)32-15-35-69(64,65)66)54(29-13-33-67(58,59)60)30-14-34-68(61,62)63/h9-10,16,19,21-28,36-37H,7-8,11-15,17-18,20,29-35H2,1-6H3,(H2-,58,59,60,61,62,63,64,65,66)/p+1. The normalized spacial score (nSPS) is 18.4. The van der Waals surface area contributed by atoms with Gasteiger partial charge in [0.25, 0.3) is 30.4 Å². The van der Waals surface area contributed by atoms with Gasteiger partial charge in [-0.1, -0.05) is 75.7 Å². The zero-order valence-electron chi connectivity index (χ0n) is 40.7. The summed E-state index contributed by atoms with van der Waals surface area (Å²) in [7, 11) is -12.7. The second-order valence-electron chi connectivity index (χ2n) is 19.9. The van der Waals surface area contributed by atoms with Crippen LogP contribution < -0.4 is 9.80 Å². The Hall–Kier alpha value is -4.16. The van der Waals surface area contributed by atoms with Crippen LogP contribution in [0.2, 0.25) is 0 Å². The number of rotatable bonds is 23. The molecule has 0 saturated heterocycles. The molecule has 0 fully saturated rings. The fourth-order valence-corrected chi connectivity index (χ4v) is 11.9. The lowest BCUT2D eigenvalue weighted by Gasteiger charge is -2.27. The van der Waals surface area contributed by atoms with Crippen LogP contribution >= 0.6 is 11.6 Å². The number of hydrogen-bond donors (Lipinski definition) is 3. The van der Waals surface area contributed by atoms with Gasteiger partial charge in [-0.25, -0.2) is 0 Å². The molecule has 3 aromatic rings. The largest absolute Gasteiger partial charge is 0.371 e. The minimum absolute atomic E-state index is 0.0471. The van der Waals surface area contributed by atoms with Crippen LogP contribution in [0.1, 0.15) is 117 Å². The van der Waals surface area contributed by atoms with Gasteiger partial charge >= 0.3 is 0 Å². The van der Waals surface area contributed by atoms with Crippen molar-refractivity contribution < 1.29 is 48.3 Å². The maximum absolute atomic E-state index is 12.4. The van der Waals surface area contributed by atoms with Crippen molar-refractivity contribution in [3.63, 3.8) is 0 Å². The first-order valence-electron chi connectivity index (χ1n) is 24.0. The highest BCUT2D eigenvalue weighted by Crippen LogP contribution is 2.50. The summed E-state index contributed by atoms with van der Waals surface area (Å²) >= 11 is 7.35. The summed E-state index contributed by atoms with van der Waals surface area (Å²) in [6.45, 7) is 14.0. The minimum Gasteiger partial charge on any atom is -0.371 e. The van der Waals surface area contributed by atoms with Crippen molar-refractivity contribution in [3.8, 4) is 0 Å². The average molecular weight is 1030 g/mol. The monoisotopic (exact) mass is 1030 g/mol. The number of hydrogen-bond acceptors (Lipinski definition) is 9. The Labute approximate surface area is 415 Å². The highest BCUT2D eigenvalue weighted by Gasteiger charge is 2.45. The first-order chi connectivity index (χ1) is 32.3. The number of fused-ring (bicyclic) bond motifs is 4. The van der Waals surface area contributed by atoms with Crippen LogP contribution in [0.5, 0.6) is 0 Å². The van der Waals surface area contributed by atoms with Gasteiger partial charge < -0.3 is 9.80 Å². The molecule has 2 heterocycles. The highest BCUT2D eigenvalue weighted by atomic mass is 35.5. The Morgan fingerprint density at radius 3 is 2.09 bits per heavy atom. The van der Waals surface area contributed by atoms with E-state index in [1.54, 1.807) is 0 Å². The average Bonchev–Trinajstić information content (AvgIpc) is 3.61. The van der Waals surface area contributed by atoms with Crippen LogP contribution in [0.25, 0.3) is 10.8 Å². The Bertz CT molecular complexity index is 2900. The van der Waals surface area contributed by atoms with Gasteiger partial charge in [-0.15, -0.1) is 0 Å². The number of unbranched alkanes of at least 4 members (excludes halogenated alkanes) is 2. The van der Waals surface area contributed by atoms with E-state index in [0.29, 0.717) is 22.9 Å². The van der Waals surface area contributed by atoms with E-state index >= 15 is 0 Å². The predicted molar refractivity (Wildman–Crippen MR) is 279 cm³/mol. The molecule has 0 atom stereocenters. The van der Waals surface area contributed by atoms with Crippen molar-refractivity contribution in [1.29, 1.82) is 0 Å². The smallest absolute Gasteiger partial charge is 0.264 e. The van der Waals surface area contributed by atoms with Crippen LogP contribution in [0.3, 0.4) is 0 Å². The van der Waals surface area contributed by atoms with E-state index < -0.39 is 53.0 Å². The van der Waals surface area contributed by atoms with Gasteiger partial charge in [0, 0.05) is 83.6 Å². The number of anilines is 2. The Morgan fingerprint density at radius 1 is 0.783 bits per heavy atom. The van der Waals surface area contributed by atoms with E-state index in [1.165, 1.54) is 27.7 Å². The lowest BCUT2D eigenvalue weighted by atomic mass is 9.79. The molecule has 0 unspecified atom stereocenters. The number of benzene rings is 3. The molecule has 0 aromatic heterocycles. The van der Waals surface area contributed by atoms with E-state index in [0.717, 1.165) is 73.2 Å². The molecule has 6 rings (SSSR count). The fraction of sp³-hybridized carbons (Fsp3) is 0.500. The van der Waals surface area contributed by atoms with Crippen molar-refractivity contribution >= 4 is 81.3 Å². The van der Waals surface area contributed by atoms with Gasteiger partial charge in [0.2, 0.25) is 5.69 Å². The van der Waals surface area contributed by atoms with Crippen molar-refractivity contribution in [2.24, 2.45) is 5.92 Å². The van der Waals surface area contributed by atoms with E-state index in [-0.39, 0.29) is 50.2 Å². The summed E-state index contributed by atoms with van der Waals surface area (Å²) in [5, 5.41) is 3.10. The Morgan fingerprint density at radius 2 is 1.43 bits per heavy atom. The summed E-state index contributed by atoms with van der Waals surface area (Å²) < 4.78 is 101. The number of allylic oxidation sites excluding steroid dienone is 8. The number of carbonyl (C=O) groups is 1. The maximum Gasteiger partial charge on any atom is 0.264 e. The van der Waals surface area contributed by atoms with Gasteiger partial charge in [-0.2, -0.15) is 29.8 Å². The summed E-state index contributed by atoms with van der Waals surface area (Å²) in [5.74, 6) is -1.05. The summed E-state index contributed by atoms with van der Waals surface area (Å²) in [5.41, 5.74) is 7.93. The van der Waals surface area contributed by atoms with Crippen LogP contribution in [-0.2, 0) is 46.0 Å². The molecule has 17 heteroatoms. The molecule has 0 amide bonds. The number of ketones is 1. The molecule has 1 aliphatic carbocycles. The van der Waals surface area contributed by atoms with E-state index in [2.05, 4.69) is 80.8 Å². The number of carbonyl (C=O) groups excluding carboxylic acids is 1. The number of halogens is 1. The molecule has 0 spiro atoms. The molecule has 0 bridgehead atoms. The van der Waals surface area contributed by atoms with Gasteiger partial charge in [0.15, 0.2) is 5.71 Å². The quantitative estimate of drug-likeness (QED) is 0.0464. The van der Waals surface area contributed by atoms with Crippen LogP contribution in [0.4, 0.5) is 17.1 Å². The van der Waals surface area contributed by atoms with Crippen molar-refractivity contribution in [2.75, 3.05) is 53.2 Å². The molecule has 13 nitrogen and oxygen atoms in total. The minimum atomic E-state index is -4.24. The number of Topliss-reactive ketones (excluding diaryl/α,β-unsaturated/α-hetero) is 1. The SMILES string of the molecule is CC(C)C(=O)CCCCC[N+]1=C(C=CC2=C(Cl)C(=CC=C3N(CCCS(=O)(=O)O)c4ccc(N(CCCS(=O)(=O)O)CCCS(=O)(=O)O)cc4C3(C)C)CCC2)C(C)(C)c2c1ccc1ccccc21. The van der Waals surface area contributed by atoms with Crippen LogP contribution in [0, 0.1) is 5.92 Å². The molecule has 0 radical (unpaired) electrons. The van der Waals surface area contributed by atoms with Gasteiger partial charge in [-0.3, -0.25) is 18.5 Å². The lowest BCUT2D eigenvalue weighted by molar-refractivity contribution is -0.438. The van der Waals surface area contributed by atoms with Crippen molar-refractivity contribution in [3.05, 3.63) is 112 Å². The third-order valence-corrected chi connectivity index (χ3v) is 16.6. The molecule has 69 heavy (non-hydrogen) atoms. The maximum atomic E-state index is 12.4. The van der Waals surface area contributed by atoms with E-state index in [9.17, 15) is 43.7 Å². The molecule has 3 aromatic carbocycles. The van der Waals surface area contributed by atoms with Gasteiger partial charge in [0.1, 0.15) is 12.3 Å². The third kappa shape index (κ3) is 13.6. The first-order valence-corrected chi connectivity index (χ1v) is 29.2. The second kappa shape index (κ2) is 22.1. The molecule has 2 aliphatic heterocycles. The molecule has 3 aliphatic rings. The topological polar surface area (TPSA) is 190 Å². The molecular weight excluding hydrogens is 958 g/mol. The third-order valence-electron chi connectivity index (χ3n) is 13.7. The summed E-state index contributed by atoms with van der Waals surface area (Å²) in [6.07, 6.45) is 14.5. The zero-order valence-corrected chi connectivity index (χ0v) is 44.0. The number of nitrogens with zero attached hydrogens (tertiary/aromatic N) is 3.